The van der Waals surface area contributed by atoms with Gasteiger partial charge in [0.15, 0.2) is 0 Å². The fourth-order valence-electron chi connectivity index (χ4n) is 3.68. The SMILES string of the molecule is O[C@H](COc1ccc2ccccc2c1)CN1CCN(c2ccccc2F)CC1. The van der Waals surface area contributed by atoms with Crippen molar-refractivity contribution in [2.75, 3.05) is 44.2 Å². The van der Waals surface area contributed by atoms with Crippen LogP contribution in [0.3, 0.4) is 0 Å². The molecule has 0 bridgehead atoms. The predicted octanol–water partition coefficient (Wildman–Crippen LogP) is 3.54. The van der Waals surface area contributed by atoms with Crippen LogP contribution in [0.5, 0.6) is 5.75 Å². The van der Waals surface area contributed by atoms with Crippen molar-refractivity contribution < 1.29 is 14.2 Å². The average Bonchev–Trinajstić information content (AvgIpc) is 2.73. The number of para-hydroxylation sites is 1. The Kier molecular flexibility index (Phi) is 5.74. The lowest BCUT2D eigenvalue weighted by atomic mass is 10.1. The second kappa shape index (κ2) is 8.59. The molecule has 0 radical (unpaired) electrons. The summed E-state index contributed by atoms with van der Waals surface area (Å²) in [5.74, 6) is 0.585. The number of nitrogens with zero attached hydrogens (tertiary/aromatic N) is 2. The Bertz CT molecular complexity index is 925. The normalized spacial score (nSPS) is 16.3. The molecule has 1 atom stereocenters. The first-order valence-electron chi connectivity index (χ1n) is 9.70. The van der Waals surface area contributed by atoms with Gasteiger partial charge in [-0.3, -0.25) is 4.90 Å². The van der Waals surface area contributed by atoms with Crippen LogP contribution in [0.4, 0.5) is 10.1 Å². The van der Waals surface area contributed by atoms with Crippen molar-refractivity contribution in [3.63, 3.8) is 0 Å². The summed E-state index contributed by atoms with van der Waals surface area (Å²) in [6.07, 6.45) is -0.563. The van der Waals surface area contributed by atoms with Gasteiger partial charge < -0.3 is 14.7 Å². The number of rotatable bonds is 6. The van der Waals surface area contributed by atoms with Gasteiger partial charge in [-0.2, -0.15) is 0 Å². The molecule has 4 nitrogen and oxygen atoms in total. The van der Waals surface area contributed by atoms with E-state index in [1.165, 1.54) is 11.5 Å². The zero-order chi connectivity index (χ0) is 19.3. The lowest BCUT2D eigenvalue weighted by molar-refractivity contribution is 0.0663. The fourth-order valence-corrected chi connectivity index (χ4v) is 3.68. The van der Waals surface area contributed by atoms with Gasteiger partial charge in [-0.05, 0) is 35.0 Å². The number of hydrogen-bond donors (Lipinski definition) is 1. The van der Waals surface area contributed by atoms with E-state index in [4.69, 9.17) is 4.74 Å². The molecule has 4 rings (SSSR count). The van der Waals surface area contributed by atoms with Crippen LogP contribution in [-0.2, 0) is 0 Å². The van der Waals surface area contributed by atoms with Crippen LogP contribution in [0, 0.1) is 5.82 Å². The number of fused-ring (bicyclic) bond motifs is 1. The van der Waals surface area contributed by atoms with Crippen molar-refractivity contribution in [1.82, 2.24) is 4.90 Å². The Morgan fingerprint density at radius 2 is 1.61 bits per heavy atom. The summed E-state index contributed by atoms with van der Waals surface area (Å²) < 4.78 is 19.7. The third kappa shape index (κ3) is 4.43. The van der Waals surface area contributed by atoms with Crippen molar-refractivity contribution in [2.24, 2.45) is 0 Å². The Morgan fingerprint density at radius 3 is 2.39 bits per heavy atom. The number of aliphatic hydroxyl groups is 1. The highest BCUT2D eigenvalue weighted by Gasteiger charge is 2.21. The summed E-state index contributed by atoms with van der Waals surface area (Å²) in [5.41, 5.74) is 0.655. The van der Waals surface area contributed by atoms with Gasteiger partial charge in [-0.1, -0.05) is 42.5 Å². The summed E-state index contributed by atoms with van der Waals surface area (Å²) in [4.78, 5) is 4.26. The molecule has 1 saturated heterocycles. The monoisotopic (exact) mass is 380 g/mol. The van der Waals surface area contributed by atoms with Crippen molar-refractivity contribution in [1.29, 1.82) is 0 Å². The molecule has 1 heterocycles. The van der Waals surface area contributed by atoms with Crippen LogP contribution in [0.15, 0.2) is 66.7 Å². The van der Waals surface area contributed by atoms with Gasteiger partial charge >= 0.3 is 0 Å². The molecular weight excluding hydrogens is 355 g/mol. The van der Waals surface area contributed by atoms with Gasteiger partial charge in [-0.15, -0.1) is 0 Å². The lowest BCUT2D eigenvalue weighted by Crippen LogP contribution is -2.49. The highest BCUT2D eigenvalue weighted by atomic mass is 19.1. The standard InChI is InChI=1S/C23H25FN2O2/c24-22-7-3-4-8-23(22)26-13-11-25(12-14-26)16-20(27)17-28-21-10-9-18-5-1-2-6-19(18)15-21/h1-10,15,20,27H,11-14,16-17H2/t20-/m0/s1. The fraction of sp³-hybridized carbons (Fsp3) is 0.304. The van der Waals surface area contributed by atoms with E-state index in [1.807, 2.05) is 48.5 Å². The molecular formula is C23H25FN2O2. The Hall–Kier alpha value is -2.63. The third-order valence-corrected chi connectivity index (χ3v) is 5.20. The number of piperazine rings is 1. The van der Waals surface area contributed by atoms with Gasteiger partial charge in [0.2, 0.25) is 0 Å². The van der Waals surface area contributed by atoms with Crippen LogP contribution in [0.2, 0.25) is 0 Å². The Balaban J connectivity index is 1.25. The van der Waals surface area contributed by atoms with E-state index >= 15 is 0 Å². The molecule has 1 aliphatic rings. The van der Waals surface area contributed by atoms with Crippen LogP contribution in [0.1, 0.15) is 0 Å². The van der Waals surface area contributed by atoms with Gasteiger partial charge in [0.1, 0.15) is 24.3 Å². The van der Waals surface area contributed by atoms with Gasteiger partial charge in [0.25, 0.3) is 0 Å². The first-order chi connectivity index (χ1) is 13.7. The maximum atomic E-state index is 13.9. The van der Waals surface area contributed by atoms with E-state index in [0.29, 0.717) is 12.2 Å². The zero-order valence-electron chi connectivity index (χ0n) is 15.8. The number of ether oxygens (including phenoxy) is 1. The molecule has 0 aliphatic carbocycles. The van der Waals surface area contributed by atoms with Crippen molar-refractivity contribution in [3.05, 3.63) is 72.5 Å². The smallest absolute Gasteiger partial charge is 0.146 e. The second-order valence-corrected chi connectivity index (χ2v) is 7.21. The number of halogens is 1. The number of β-amino-alcohol motifs (C(OH)–C–C–N with tert-alkyl or cyclic N) is 1. The largest absolute Gasteiger partial charge is 0.491 e. The van der Waals surface area contributed by atoms with E-state index in [0.717, 1.165) is 37.3 Å². The minimum absolute atomic E-state index is 0.181. The number of anilines is 1. The molecule has 0 unspecified atom stereocenters. The van der Waals surface area contributed by atoms with Crippen molar-refractivity contribution in [2.45, 2.75) is 6.10 Å². The second-order valence-electron chi connectivity index (χ2n) is 7.21. The van der Waals surface area contributed by atoms with Crippen LogP contribution in [0.25, 0.3) is 10.8 Å². The molecule has 0 amide bonds. The summed E-state index contributed by atoms with van der Waals surface area (Å²) in [7, 11) is 0. The maximum Gasteiger partial charge on any atom is 0.146 e. The van der Waals surface area contributed by atoms with E-state index < -0.39 is 6.10 Å². The number of aliphatic hydroxyl groups excluding tert-OH is 1. The van der Waals surface area contributed by atoms with Crippen LogP contribution in [-0.4, -0.2) is 55.4 Å². The summed E-state index contributed by atoms with van der Waals surface area (Å²) in [6, 6.07) is 21.0. The lowest BCUT2D eigenvalue weighted by Gasteiger charge is -2.36. The molecule has 1 fully saturated rings. The first kappa shape index (κ1) is 18.7. The Morgan fingerprint density at radius 1 is 0.893 bits per heavy atom. The summed E-state index contributed by atoms with van der Waals surface area (Å²) >= 11 is 0. The van der Waals surface area contributed by atoms with E-state index in [9.17, 15) is 9.50 Å². The molecule has 5 heteroatoms. The van der Waals surface area contributed by atoms with Crippen molar-refractivity contribution in [3.8, 4) is 5.75 Å². The highest BCUT2D eigenvalue weighted by Crippen LogP contribution is 2.22. The topological polar surface area (TPSA) is 35.9 Å². The Labute approximate surface area is 164 Å². The summed E-state index contributed by atoms with van der Waals surface area (Å²) in [6.45, 7) is 3.89. The molecule has 0 saturated carbocycles. The van der Waals surface area contributed by atoms with Crippen LogP contribution < -0.4 is 9.64 Å². The van der Waals surface area contributed by atoms with Crippen molar-refractivity contribution >= 4 is 16.5 Å². The average molecular weight is 380 g/mol. The van der Waals surface area contributed by atoms with Gasteiger partial charge in [-0.25, -0.2) is 4.39 Å². The third-order valence-electron chi connectivity index (χ3n) is 5.20. The van der Waals surface area contributed by atoms with Gasteiger partial charge in [0.05, 0.1) is 5.69 Å². The minimum Gasteiger partial charge on any atom is -0.491 e. The zero-order valence-corrected chi connectivity index (χ0v) is 15.8. The molecule has 0 spiro atoms. The minimum atomic E-state index is -0.563. The molecule has 146 valence electrons. The predicted molar refractivity (Wildman–Crippen MR) is 111 cm³/mol. The number of benzene rings is 3. The molecule has 1 aliphatic heterocycles. The summed E-state index contributed by atoms with van der Waals surface area (Å²) in [5, 5.41) is 12.7. The molecule has 3 aromatic carbocycles. The quantitative estimate of drug-likeness (QED) is 0.710. The molecule has 3 aromatic rings. The van der Waals surface area contributed by atoms with Gasteiger partial charge in [0, 0.05) is 32.7 Å². The van der Waals surface area contributed by atoms with E-state index in [-0.39, 0.29) is 12.4 Å². The molecule has 0 aromatic heterocycles. The first-order valence-corrected chi connectivity index (χ1v) is 9.70. The molecule has 1 N–H and O–H groups in total. The maximum absolute atomic E-state index is 13.9. The highest BCUT2D eigenvalue weighted by molar-refractivity contribution is 5.83. The molecule has 28 heavy (non-hydrogen) atoms. The van der Waals surface area contributed by atoms with Crippen LogP contribution >= 0.6 is 0 Å². The van der Waals surface area contributed by atoms with E-state index in [1.54, 1.807) is 6.07 Å². The number of hydrogen-bond acceptors (Lipinski definition) is 4. The van der Waals surface area contributed by atoms with E-state index in [2.05, 4.69) is 15.9 Å².